The summed E-state index contributed by atoms with van der Waals surface area (Å²) in [6.45, 7) is 4.89. The molecule has 2 aromatic rings. The van der Waals surface area contributed by atoms with Gasteiger partial charge in [0.15, 0.2) is 5.78 Å². The highest BCUT2D eigenvalue weighted by Gasteiger charge is 2.17. The summed E-state index contributed by atoms with van der Waals surface area (Å²) in [4.78, 5) is 23.8. The minimum absolute atomic E-state index is 0.0695. The predicted octanol–water partition coefficient (Wildman–Crippen LogP) is 3.76. The van der Waals surface area contributed by atoms with Crippen LogP contribution in [0.3, 0.4) is 0 Å². The van der Waals surface area contributed by atoms with Crippen LogP contribution >= 0.6 is 0 Å². The van der Waals surface area contributed by atoms with Crippen LogP contribution in [0.25, 0.3) is 16.8 Å². The van der Waals surface area contributed by atoms with E-state index in [1.54, 1.807) is 19.9 Å². The lowest BCUT2D eigenvalue weighted by atomic mass is 10.0. The number of ether oxygens (including phenoxy) is 1. The molecule has 3 nitrogen and oxygen atoms in total. The molecule has 0 saturated carbocycles. The molecule has 2 aromatic carbocycles. The minimum atomic E-state index is -0.578. The molecule has 3 heteroatoms. The monoisotopic (exact) mass is 282 g/mol. The van der Waals surface area contributed by atoms with Gasteiger partial charge in [0.1, 0.15) is 5.57 Å². The Morgan fingerprint density at radius 2 is 1.71 bits per heavy atom. The number of rotatable bonds is 4. The van der Waals surface area contributed by atoms with Gasteiger partial charge in [-0.3, -0.25) is 4.79 Å². The van der Waals surface area contributed by atoms with E-state index in [9.17, 15) is 9.59 Å². The van der Waals surface area contributed by atoms with Gasteiger partial charge in [0.25, 0.3) is 0 Å². The number of esters is 1. The highest BCUT2D eigenvalue weighted by molar-refractivity contribution is 6.20. The van der Waals surface area contributed by atoms with Crippen molar-refractivity contribution in [3.05, 3.63) is 53.6 Å². The third-order valence-corrected chi connectivity index (χ3v) is 3.07. The van der Waals surface area contributed by atoms with Gasteiger partial charge in [-0.25, -0.2) is 4.79 Å². The van der Waals surface area contributed by atoms with Crippen LogP contribution in [0.15, 0.2) is 48.0 Å². The number of carbonyl (C=O) groups is 2. The van der Waals surface area contributed by atoms with Gasteiger partial charge in [-0.05, 0) is 43.2 Å². The summed E-state index contributed by atoms with van der Waals surface area (Å²) < 4.78 is 5.13. The SMILES string of the molecule is CC(=O)C(=Cc1cccc2ccccc12)C(=O)OC(C)C. The highest BCUT2D eigenvalue weighted by Crippen LogP contribution is 2.21. The largest absolute Gasteiger partial charge is 0.459 e. The van der Waals surface area contributed by atoms with E-state index in [1.165, 1.54) is 6.92 Å². The van der Waals surface area contributed by atoms with E-state index in [4.69, 9.17) is 4.74 Å². The molecule has 0 aliphatic heterocycles. The first-order valence-electron chi connectivity index (χ1n) is 6.90. The van der Waals surface area contributed by atoms with E-state index in [0.717, 1.165) is 16.3 Å². The zero-order valence-electron chi connectivity index (χ0n) is 12.4. The average Bonchev–Trinajstić information content (AvgIpc) is 2.43. The maximum atomic E-state index is 12.0. The topological polar surface area (TPSA) is 43.4 Å². The highest BCUT2D eigenvalue weighted by atomic mass is 16.5. The van der Waals surface area contributed by atoms with Gasteiger partial charge in [-0.1, -0.05) is 42.5 Å². The Kier molecular flexibility index (Phi) is 4.53. The second-order valence-electron chi connectivity index (χ2n) is 5.14. The number of fused-ring (bicyclic) bond motifs is 1. The number of hydrogen-bond acceptors (Lipinski definition) is 3. The van der Waals surface area contributed by atoms with Crippen LogP contribution < -0.4 is 0 Å². The van der Waals surface area contributed by atoms with Crippen molar-refractivity contribution in [3.63, 3.8) is 0 Å². The Labute approximate surface area is 124 Å². The van der Waals surface area contributed by atoms with Crippen molar-refractivity contribution >= 4 is 28.6 Å². The molecule has 2 rings (SSSR count). The fourth-order valence-electron chi connectivity index (χ4n) is 2.11. The van der Waals surface area contributed by atoms with Crippen molar-refractivity contribution in [1.29, 1.82) is 0 Å². The van der Waals surface area contributed by atoms with Crippen LogP contribution in [0.5, 0.6) is 0 Å². The molecule has 0 heterocycles. The molecule has 0 saturated heterocycles. The standard InChI is InChI=1S/C18H18O3/c1-12(2)21-18(20)17(13(3)19)11-15-9-6-8-14-7-4-5-10-16(14)15/h4-12H,1-3H3. The van der Waals surface area contributed by atoms with Crippen LogP contribution in [0, 0.1) is 0 Å². The average molecular weight is 282 g/mol. The molecule has 0 aromatic heterocycles. The van der Waals surface area contributed by atoms with Crippen LogP contribution in [0.2, 0.25) is 0 Å². The third-order valence-electron chi connectivity index (χ3n) is 3.07. The molecule has 0 aliphatic carbocycles. The molecule has 0 atom stereocenters. The van der Waals surface area contributed by atoms with E-state index in [1.807, 2.05) is 42.5 Å². The predicted molar refractivity (Wildman–Crippen MR) is 83.8 cm³/mol. The summed E-state index contributed by atoms with van der Waals surface area (Å²) in [5.74, 6) is -0.876. The molecule has 0 fully saturated rings. The zero-order chi connectivity index (χ0) is 15.4. The van der Waals surface area contributed by atoms with Crippen molar-refractivity contribution in [2.24, 2.45) is 0 Å². The van der Waals surface area contributed by atoms with Crippen LogP contribution in [0.1, 0.15) is 26.3 Å². The van der Waals surface area contributed by atoms with Gasteiger partial charge >= 0.3 is 5.97 Å². The van der Waals surface area contributed by atoms with Gasteiger partial charge in [0.2, 0.25) is 0 Å². The summed E-state index contributed by atoms with van der Waals surface area (Å²) >= 11 is 0. The summed E-state index contributed by atoms with van der Waals surface area (Å²) in [7, 11) is 0. The number of ketones is 1. The first-order valence-corrected chi connectivity index (χ1v) is 6.90. The van der Waals surface area contributed by atoms with Gasteiger partial charge in [-0.2, -0.15) is 0 Å². The molecular weight excluding hydrogens is 264 g/mol. The number of hydrogen-bond donors (Lipinski definition) is 0. The molecule has 0 bridgehead atoms. The number of Topliss-reactive ketones (excluding diaryl/α,β-unsaturated/α-hetero) is 1. The Hall–Kier alpha value is -2.42. The van der Waals surface area contributed by atoms with E-state index in [-0.39, 0.29) is 17.5 Å². The lowest BCUT2D eigenvalue weighted by Crippen LogP contribution is -2.17. The fraction of sp³-hybridized carbons (Fsp3) is 0.222. The number of benzene rings is 2. The normalized spacial score (nSPS) is 11.7. The molecule has 0 N–H and O–H groups in total. The van der Waals surface area contributed by atoms with Crippen molar-refractivity contribution in [3.8, 4) is 0 Å². The van der Waals surface area contributed by atoms with Crippen molar-refractivity contribution in [1.82, 2.24) is 0 Å². The first kappa shape index (κ1) is 15.0. The van der Waals surface area contributed by atoms with Gasteiger partial charge < -0.3 is 4.74 Å². The van der Waals surface area contributed by atoms with E-state index in [2.05, 4.69) is 0 Å². The first-order chi connectivity index (χ1) is 9.99. The summed E-state index contributed by atoms with van der Waals surface area (Å²) in [5.41, 5.74) is 0.902. The summed E-state index contributed by atoms with van der Waals surface area (Å²) in [5, 5.41) is 2.06. The van der Waals surface area contributed by atoms with E-state index >= 15 is 0 Å². The lowest BCUT2D eigenvalue weighted by molar-refractivity contribution is -0.143. The molecular formula is C18H18O3. The van der Waals surface area contributed by atoms with Gasteiger partial charge in [0, 0.05) is 0 Å². The molecule has 0 unspecified atom stereocenters. The van der Waals surface area contributed by atoms with Gasteiger partial charge in [-0.15, -0.1) is 0 Å². The minimum Gasteiger partial charge on any atom is -0.459 e. The fourth-order valence-corrected chi connectivity index (χ4v) is 2.11. The summed E-state index contributed by atoms with van der Waals surface area (Å²) in [6.07, 6.45) is 1.35. The maximum absolute atomic E-state index is 12.0. The van der Waals surface area contributed by atoms with Crippen molar-refractivity contribution < 1.29 is 14.3 Å². The van der Waals surface area contributed by atoms with Crippen LogP contribution in [0.4, 0.5) is 0 Å². The molecule has 108 valence electrons. The van der Waals surface area contributed by atoms with Crippen LogP contribution in [-0.4, -0.2) is 17.9 Å². The Balaban J connectivity index is 2.50. The van der Waals surface area contributed by atoms with Crippen molar-refractivity contribution in [2.45, 2.75) is 26.9 Å². The van der Waals surface area contributed by atoms with Crippen LogP contribution in [-0.2, 0) is 14.3 Å². The van der Waals surface area contributed by atoms with Crippen molar-refractivity contribution in [2.75, 3.05) is 0 Å². The van der Waals surface area contributed by atoms with Gasteiger partial charge in [0.05, 0.1) is 6.10 Å². The second-order valence-corrected chi connectivity index (χ2v) is 5.14. The number of carbonyl (C=O) groups excluding carboxylic acids is 2. The molecule has 21 heavy (non-hydrogen) atoms. The Morgan fingerprint density at radius 3 is 2.38 bits per heavy atom. The third kappa shape index (κ3) is 3.57. The molecule has 0 aliphatic rings. The Morgan fingerprint density at radius 1 is 1.05 bits per heavy atom. The molecule has 0 spiro atoms. The second kappa shape index (κ2) is 6.35. The molecule has 0 amide bonds. The smallest absolute Gasteiger partial charge is 0.342 e. The molecule has 0 radical (unpaired) electrons. The quantitative estimate of drug-likeness (QED) is 0.371. The van der Waals surface area contributed by atoms with E-state index in [0.29, 0.717) is 0 Å². The Bertz CT molecular complexity index is 706. The summed E-state index contributed by atoms with van der Waals surface area (Å²) in [6, 6.07) is 13.6. The maximum Gasteiger partial charge on any atom is 0.342 e. The lowest BCUT2D eigenvalue weighted by Gasteiger charge is -2.09. The zero-order valence-corrected chi connectivity index (χ0v) is 12.4. The van der Waals surface area contributed by atoms with E-state index < -0.39 is 5.97 Å².